The molecule has 0 aromatic heterocycles. The summed E-state index contributed by atoms with van der Waals surface area (Å²) in [6.45, 7) is 0.764. The molecule has 0 saturated heterocycles. The Bertz CT molecular complexity index is 347. The molecule has 1 atom stereocenters. The Kier molecular flexibility index (Phi) is 7.50. The zero-order valence-corrected chi connectivity index (χ0v) is 10.1. The number of rotatable bonds is 6. The maximum atomic E-state index is 12.1. The molecule has 0 heterocycles. The second kappa shape index (κ2) is 8.03. The molecular formula is C12H16ClF2NO. The topological polar surface area (TPSA) is 35.2 Å². The number of hydrogen-bond donors (Lipinski definition) is 1. The van der Waals surface area contributed by atoms with Crippen LogP contribution in [0.5, 0.6) is 5.75 Å². The van der Waals surface area contributed by atoms with E-state index in [1.807, 2.05) is 0 Å². The van der Waals surface area contributed by atoms with Crippen LogP contribution in [0, 0.1) is 0 Å². The molecule has 1 aromatic carbocycles. The maximum Gasteiger partial charge on any atom is 0.387 e. The van der Waals surface area contributed by atoms with E-state index in [-0.39, 0.29) is 24.2 Å². The number of halogens is 3. The predicted octanol–water partition coefficient (Wildman–Crippen LogP) is 3.68. The summed E-state index contributed by atoms with van der Waals surface area (Å²) >= 11 is 0. The fourth-order valence-corrected chi connectivity index (χ4v) is 1.44. The first-order valence-corrected chi connectivity index (χ1v) is 5.05. The Morgan fingerprint density at radius 3 is 2.59 bits per heavy atom. The van der Waals surface area contributed by atoms with Gasteiger partial charge in [0.2, 0.25) is 0 Å². The summed E-state index contributed by atoms with van der Waals surface area (Å²) in [4.78, 5) is 0. The van der Waals surface area contributed by atoms with Gasteiger partial charge in [0.1, 0.15) is 5.75 Å². The SMILES string of the molecule is C=CCC[C@H](N)c1ccccc1OC(F)F.Cl. The Balaban J connectivity index is 0.00000256. The van der Waals surface area contributed by atoms with E-state index in [1.54, 1.807) is 24.3 Å². The van der Waals surface area contributed by atoms with E-state index in [0.29, 0.717) is 12.0 Å². The highest BCUT2D eigenvalue weighted by Gasteiger charge is 2.13. The summed E-state index contributed by atoms with van der Waals surface area (Å²) < 4.78 is 28.7. The number of hydrogen-bond acceptors (Lipinski definition) is 2. The van der Waals surface area contributed by atoms with Gasteiger partial charge >= 0.3 is 6.61 Å². The lowest BCUT2D eigenvalue weighted by atomic mass is 10.0. The fraction of sp³-hybridized carbons (Fsp3) is 0.333. The van der Waals surface area contributed by atoms with Crippen molar-refractivity contribution >= 4 is 12.4 Å². The molecule has 2 nitrogen and oxygen atoms in total. The highest BCUT2D eigenvalue weighted by atomic mass is 35.5. The largest absolute Gasteiger partial charge is 0.434 e. The van der Waals surface area contributed by atoms with Crippen LogP contribution < -0.4 is 10.5 Å². The van der Waals surface area contributed by atoms with Crippen molar-refractivity contribution in [2.75, 3.05) is 0 Å². The molecule has 96 valence electrons. The Hall–Kier alpha value is -1.13. The lowest BCUT2D eigenvalue weighted by molar-refractivity contribution is -0.0506. The lowest BCUT2D eigenvalue weighted by Gasteiger charge is -2.15. The highest BCUT2D eigenvalue weighted by Crippen LogP contribution is 2.27. The molecule has 0 aliphatic carbocycles. The third kappa shape index (κ3) is 5.15. The van der Waals surface area contributed by atoms with Crippen molar-refractivity contribution in [2.45, 2.75) is 25.5 Å². The van der Waals surface area contributed by atoms with Crippen LogP contribution in [0.2, 0.25) is 0 Å². The van der Waals surface area contributed by atoms with E-state index in [1.165, 1.54) is 6.07 Å². The van der Waals surface area contributed by atoms with Crippen molar-refractivity contribution in [2.24, 2.45) is 5.73 Å². The zero-order valence-electron chi connectivity index (χ0n) is 9.31. The average molecular weight is 264 g/mol. The van der Waals surface area contributed by atoms with Crippen LogP contribution in [0.4, 0.5) is 8.78 Å². The third-order valence-electron chi connectivity index (χ3n) is 2.22. The normalized spacial score (nSPS) is 11.8. The van der Waals surface area contributed by atoms with Crippen molar-refractivity contribution in [3.63, 3.8) is 0 Å². The average Bonchev–Trinajstić information content (AvgIpc) is 2.26. The van der Waals surface area contributed by atoms with E-state index in [9.17, 15) is 8.78 Å². The van der Waals surface area contributed by atoms with Gasteiger partial charge in [-0.25, -0.2) is 0 Å². The maximum absolute atomic E-state index is 12.1. The van der Waals surface area contributed by atoms with Crippen molar-refractivity contribution in [1.82, 2.24) is 0 Å². The molecule has 0 amide bonds. The molecule has 1 rings (SSSR count). The van der Waals surface area contributed by atoms with Gasteiger partial charge in [-0.05, 0) is 18.9 Å². The summed E-state index contributed by atoms with van der Waals surface area (Å²) in [7, 11) is 0. The van der Waals surface area contributed by atoms with Crippen LogP contribution in [0.15, 0.2) is 36.9 Å². The molecule has 5 heteroatoms. The Morgan fingerprint density at radius 2 is 2.00 bits per heavy atom. The molecule has 0 saturated carbocycles. The molecule has 2 N–H and O–H groups in total. The fourth-order valence-electron chi connectivity index (χ4n) is 1.44. The van der Waals surface area contributed by atoms with Gasteiger partial charge in [-0.15, -0.1) is 19.0 Å². The molecule has 0 unspecified atom stereocenters. The van der Waals surface area contributed by atoms with Gasteiger partial charge in [0.25, 0.3) is 0 Å². The first-order chi connectivity index (χ1) is 7.65. The lowest BCUT2D eigenvalue weighted by Crippen LogP contribution is -2.13. The second-order valence-corrected chi connectivity index (χ2v) is 3.39. The van der Waals surface area contributed by atoms with Crippen LogP contribution in [0.3, 0.4) is 0 Å². The van der Waals surface area contributed by atoms with Crippen molar-refractivity contribution in [1.29, 1.82) is 0 Å². The highest BCUT2D eigenvalue weighted by molar-refractivity contribution is 5.85. The number of alkyl halides is 2. The van der Waals surface area contributed by atoms with Gasteiger partial charge in [0.15, 0.2) is 0 Å². The van der Waals surface area contributed by atoms with Crippen LogP contribution in [0.1, 0.15) is 24.4 Å². The number of ether oxygens (including phenoxy) is 1. The first kappa shape index (κ1) is 15.9. The smallest absolute Gasteiger partial charge is 0.387 e. The van der Waals surface area contributed by atoms with E-state index >= 15 is 0 Å². The molecule has 0 fully saturated rings. The number of nitrogens with two attached hydrogens (primary N) is 1. The van der Waals surface area contributed by atoms with Gasteiger partial charge < -0.3 is 10.5 Å². The number of allylic oxidation sites excluding steroid dienone is 1. The first-order valence-electron chi connectivity index (χ1n) is 5.05. The minimum atomic E-state index is -2.83. The molecule has 0 aliphatic heterocycles. The van der Waals surface area contributed by atoms with E-state index in [0.717, 1.165) is 6.42 Å². The Morgan fingerprint density at radius 1 is 1.35 bits per heavy atom. The standard InChI is InChI=1S/C12H15F2NO.ClH/c1-2-3-7-10(15)9-6-4-5-8-11(9)16-12(13)14;/h2,4-6,8,10,12H,1,3,7,15H2;1H/t10-;/m0./s1. The van der Waals surface area contributed by atoms with Gasteiger partial charge in [-0.2, -0.15) is 8.78 Å². The summed E-state index contributed by atoms with van der Waals surface area (Å²) in [5.41, 5.74) is 6.49. The van der Waals surface area contributed by atoms with Gasteiger partial charge in [0.05, 0.1) is 0 Å². The van der Waals surface area contributed by atoms with E-state index in [2.05, 4.69) is 11.3 Å². The summed E-state index contributed by atoms with van der Waals surface area (Å²) in [6, 6.07) is 6.27. The molecule has 0 radical (unpaired) electrons. The minimum absolute atomic E-state index is 0. The summed E-state index contributed by atoms with van der Waals surface area (Å²) in [5.74, 6) is 0.147. The predicted molar refractivity (Wildman–Crippen MR) is 66.7 cm³/mol. The molecule has 1 aromatic rings. The summed E-state index contributed by atoms with van der Waals surface area (Å²) in [6.07, 6.45) is 3.15. The Labute approximate surface area is 106 Å². The molecular weight excluding hydrogens is 248 g/mol. The summed E-state index contributed by atoms with van der Waals surface area (Å²) in [5, 5.41) is 0. The third-order valence-corrected chi connectivity index (χ3v) is 2.22. The van der Waals surface area contributed by atoms with E-state index in [4.69, 9.17) is 5.73 Å². The molecule has 17 heavy (non-hydrogen) atoms. The van der Waals surface area contributed by atoms with Crippen LogP contribution in [-0.2, 0) is 0 Å². The number of benzene rings is 1. The van der Waals surface area contributed by atoms with Crippen LogP contribution >= 0.6 is 12.4 Å². The monoisotopic (exact) mass is 263 g/mol. The second-order valence-electron chi connectivity index (χ2n) is 3.39. The van der Waals surface area contributed by atoms with E-state index < -0.39 is 6.61 Å². The van der Waals surface area contributed by atoms with Gasteiger partial charge in [-0.3, -0.25) is 0 Å². The van der Waals surface area contributed by atoms with Crippen molar-refractivity contribution in [3.05, 3.63) is 42.5 Å². The van der Waals surface area contributed by atoms with Crippen LogP contribution in [-0.4, -0.2) is 6.61 Å². The van der Waals surface area contributed by atoms with Crippen molar-refractivity contribution in [3.8, 4) is 5.75 Å². The quantitative estimate of drug-likeness (QED) is 0.795. The molecule has 0 spiro atoms. The molecule has 0 aliphatic rings. The zero-order chi connectivity index (χ0) is 12.0. The number of para-hydroxylation sites is 1. The van der Waals surface area contributed by atoms with Gasteiger partial charge in [0, 0.05) is 11.6 Å². The van der Waals surface area contributed by atoms with Gasteiger partial charge in [-0.1, -0.05) is 24.3 Å². The minimum Gasteiger partial charge on any atom is -0.434 e. The van der Waals surface area contributed by atoms with Crippen LogP contribution in [0.25, 0.3) is 0 Å². The molecule has 0 bridgehead atoms. The van der Waals surface area contributed by atoms with Crippen molar-refractivity contribution < 1.29 is 13.5 Å².